The maximum atomic E-state index is 11.5. The van der Waals surface area contributed by atoms with Crippen LogP contribution in [0.4, 0.5) is 0 Å². The van der Waals surface area contributed by atoms with E-state index in [4.69, 9.17) is 28.2 Å². The second-order valence-corrected chi connectivity index (χ2v) is 8.22. The van der Waals surface area contributed by atoms with Crippen LogP contribution >= 0.6 is 7.82 Å². The van der Waals surface area contributed by atoms with Crippen LogP contribution < -0.4 is 0 Å². The average molecular weight is 354 g/mol. The fourth-order valence-corrected chi connectivity index (χ4v) is 3.49. The second-order valence-electron chi connectivity index (χ2n) is 6.65. The highest BCUT2D eigenvalue weighted by Gasteiger charge is 2.60. The lowest BCUT2D eigenvalue weighted by molar-refractivity contribution is -0.239. The zero-order valence-corrected chi connectivity index (χ0v) is 14.6. The number of fused-ring (bicyclic) bond motifs is 3. The van der Waals surface area contributed by atoms with E-state index < -0.39 is 50.1 Å². The van der Waals surface area contributed by atoms with Crippen LogP contribution in [0.3, 0.4) is 0 Å². The molecule has 0 aromatic heterocycles. The zero-order chi connectivity index (χ0) is 17.0. The van der Waals surface area contributed by atoms with Gasteiger partial charge in [-0.05, 0) is 27.7 Å². The van der Waals surface area contributed by atoms with Crippen LogP contribution in [-0.2, 0) is 37.3 Å². The normalized spacial score (nSPS) is 43.7. The van der Waals surface area contributed by atoms with E-state index >= 15 is 0 Å². The first-order valence-electron chi connectivity index (χ1n) is 7.42. The molecule has 10 heteroatoms. The standard InChI is InChI=1S/C13H23O9P/c1-12(2)19-8-7(6-17-23(14,15)16-5)18-11-10(9(8)20-12)21-13(3,4)22-11/h7-11H,6H2,1-5H3,(H,14,15)/t7-,8+,9+,10-,11-/m1/s1. The van der Waals surface area contributed by atoms with Crippen molar-refractivity contribution in [3.05, 3.63) is 0 Å². The number of phosphoric acid groups is 1. The van der Waals surface area contributed by atoms with Crippen LogP contribution in [0.5, 0.6) is 0 Å². The van der Waals surface area contributed by atoms with E-state index in [1.54, 1.807) is 27.7 Å². The molecule has 0 amide bonds. The highest BCUT2D eigenvalue weighted by atomic mass is 31.2. The number of rotatable bonds is 4. The Balaban J connectivity index is 1.77. The lowest BCUT2D eigenvalue weighted by Gasteiger charge is -2.37. The molecule has 3 saturated heterocycles. The summed E-state index contributed by atoms with van der Waals surface area (Å²) in [5, 5.41) is 0. The monoisotopic (exact) mass is 354 g/mol. The van der Waals surface area contributed by atoms with Crippen molar-refractivity contribution >= 4 is 7.82 Å². The molecule has 0 aliphatic carbocycles. The fourth-order valence-electron chi connectivity index (χ4n) is 3.05. The minimum Gasteiger partial charge on any atom is -0.342 e. The molecule has 9 nitrogen and oxygen atoms in total. The summed E-state index contributed by atoms with van der Waals surface area (Å²) in [7, 11) is -3.02. The molecule has 23 heavy (non-hydrogen) atoms. The lowest BCUT2D eigenvalue weighted by atomic mass is 9.99. The van der Waals surface area contributed by atoms with E-state index in [2.05, 4.69) is 4.52 Å². The van der Waals surface area contributed by atoms with Crippen molar-refractivity contribution < 1.29 is 42.2 Å². The third-order valence-electron chi connectivity index (χ3n) is 3.88. The van der Waals surface area contributed by atoms with Gasteiger partial charge in [0, 0.05) is 7.11 Å². The molecule has 6 atom stereocenters. The minimum absolute atomic E-state index is 0.199. The molecule has 0 spiro atoms. The molecule has 3 rings (SSSR count). The Labute approximate surface area is 134 Å². The van der Waals surface area contributed by atoms with E-state index in [-0.39, 0.29) is 6.61 Å². The maximum absolute atomic E-state index is 11.5. The maximum Gasteiger partial charge on any atom is 0.472 e. The zero-order valence-electron chi connectivity index (χ0n) is 13.8. The first kappa shape index (κ1) is 17.7. The van der Waals surface area contributed by atoms with Crippen LogP contribution in [0.15, 0.2) is 0 Å². The Morgan fingerprint density at radius 1 is 1.00 bits per heavy atom. The number of hydrogen-bond donors (Lipinski definition) is 1. The SMILES string of the molecule is COP(=O)(O)OC[C@H]1O[C@@H]2OC(C)(C)O[C@@H]2[C@H]2OC(C)(C)O[C@H]21. The van der Waals surface area contributed by atoms with E-state index in [9.17, 15) is 9.46 Å². The van der Waals surface area contributed by atoms with Crippen molar-refractivity contribution in [2.75, 3.05) is 13.7 Å². The molecule has 1 unspecified atom stereocenters. The topological polar surface area (TPSA) is 102 Å². The molecule has 0 radical (unpaired) electrons. The molecule has 3 aliphatic heterocycles. The summed E-state index contributed by atoms with van der Waals surface area (Å²) >= 11 is 0. The molecular formula is C13H23O9P. The smallest absolute Gasteiger partial charge is 0.342 e. The highest BCUT2D eigenvalue weighted by Crippen LogP contribution is 2.46. The van der Waals surface area contributed by atoms with Gasteiger partial charge in [-0.15, -0.1) is 0 Å². The van der Waals surface area contributed by atoms with Crippen molar-refractivity contribution in [3.63, 3.8) is 0 Å². The van der Waals surface area contributed by atoms with Crippen LogP contribution in [0.25, 0.3) is 0 Å². The van der Waals surface area contributed by atoms with E-state index in [1.165, 1.54) is 0 Å². The van der Waals surface area contributed by atoms with Crippen LogP contribution in [0.1, 0.15) is 27.7 Å². The molecule has 0 aromatic rings. The van der Waals surface area contributed by atoms with E-state index in [0.717, 1.165) is 7.11 Å². The van der Waals surface area contributed by atoms with Gasteiger partial charge in [-0.1, -0.05) is 0 Å². The molecule has 134 valence electrons. The van der Waals surface area contributed by atoms with Crippen molar-refractivity contribution in [2.45, 2.75) is 70.0 Å². The van der Waals surface area contributed by atoms with Crippen LogP contribution in [-0.4, -0.2) is 60.9 Å². The van der Waals surface area contributed by atoms with Gasteiger partial charge in [0.15, 0.2) is 17.9 Å². The summed E-state index contributed by atoms with van der Waals surface area (Å²) in [6.45, 7) is 6.93. The van der Waals surface area contributed by atoms with Gasteiger partial charge < -0.3 is 28.6 Å². The third-order valence-corrected chi connectivity index (χ3v) is 4.82. The van der Waals surface area contributed by atoms with Gasteiger partial charge >= 0.3 is 7.82 Å². The van der Waals surface area contributed by atoms with Crippen molar-refractivity contribution in [3.8, 4) is 0 Å². The average Bonchev–Trinajstić information content (AvgIpc) is 2.90. The molecule has 3 aliphatic rings. The van der Waals surface area contributed by atoms with Crippen LogP contribution in [0.2, 0.25) is 0 Å². The van der Waals surface area contributed by atoms with Gasteiger partial charge in [-0.2, -0.15) is 0 Å². The Morgan fingerprint density at radius 3 is 2.22 bits per heavy atom. The van der Waals surface area contributed by atoms with Crippen molar-refractivity contribution in [1.82, 2.24) is 0 Å². The summed E-state index contributed by atoms with van der Waals surface area (Å²) in [4.78, 5) is 9.40. The third kappa shape index (κ3) is 3.63. The van der Waals surface area contributed by atoms with Crippen molar-refractivity contribution in [1.29, 1.82) is 0 Å². The minimum atomic E-state index is -4.11. The summed E-state index contributed by atoms with van der Waals surface area (Å²) in [6.07, 6.45) is -2.72. The Morgan fingerprint density at radius 2 is 1.57 bits per heavy atom. The van der Waals surface area contributed by atoms with Gasteiger partial charge in [-0.3, -0.25) is 9.05 Å². The highest BCUT2D eigenvalue weighted by molar-refractivity contribution is 7.47. The predicted octanol–water partition coefficient (Wildman–Crippen LogP) is 1.15. The number of hydrogen-bond acceptors (Lipinski definition) is 8. The molecule has 3 fully saturated rings. The first-order valence-corrected chi connectivity index (χ1v) is 8.91. The molecule has 0 aromatic carbocycles. The van der Waals surface area contributed by atoms with E-state index in [0.29, 0.717) is 0 Å². The summed E-state index contributed by atoms with van der Waals surface area (Å²) in [5.74, 6) is -1.64. The Bertz CT molecular complexity index is 508. The lowest BCUT2D eigenvalue weighted by Crippen LogP contribution is -2.56. The molecule has 3 heterocycles. The molecule has 0 bridgehead atoms. The van der Waals surface area contributed by atoms with Gasteiger partial charge in [0.1, 0.15) is 24.4 Å². The predicted molar refractivity (Wildman–Crippen MR) is 75.3 cm³/mol. The summed E-state index contributed by atoms with van der Waals surface area (Å²) in [6, 6.07) is 0. The molecule has 0 saturated carbocycles. The van der Waals surface area contributed by atoms with Gasteiger partial charge in [0.25, 0.3) is 0 Å². The Kier molecular flexibility index (Phi) is 4.41. The Hall–Kier alpha value is -0.0900. The van der Waals surface area contributed by atoms with Crippen molar-refractivity contribution in [2.24, 2.45) is 0 Å². The van der Waals surface area contributed by atoms with Gasteiger partial charge in [0.2, 0.25) is 0 Å². The quantitative estimate of drug-likeness (QED) is 0.745. The molecule has 1 N–H and O–H groups in total. The fraction of sp³-hybridized carbons (Fsp3) is 1.00. The molecular weight excluding hydrogens is 331 g/mol. The number of phosphoric ester groups is 1. The summed E-state index contributed by atoms with van der Waals surface area (Å²) < 4.78 is 50.0. The second kappa shape index (κ2) is 5.72. The van der Waals surface area contributed by atoms with E-state index in [1.807, 2.05) is 0 Å². The van der Waals surface area contributed by atoms with Crippen LogP contribution in [0, 0.1) is 0 Å². The summed E-state index contributed by atoms with van der Waals surface area (Å²) in [5.41, 5.74) is 0. The van der Waals surface area contributed by atoms with Gasteiger partial charge in [0.05, 0.1) is 6.61 Å². The largest absolute Gasteiger partial charge is 0.472 e. The van der Waals surface area contributed by atoms with Gasteiger partial charge in [-0.25, -0.2) is 4.57 Å². The first-order chi connectivity index (χ1) is 10.5. The number of ether oxygens (including phenoxy) is 5.